The Balaban J connectivity index is 2.29. The molecule has 0 spiro atoms. The van der Waals surface area contributed by atoms with Crippen LogP contribution in [0.1, 0.15) is 16.8 Å². The molecule has 8 heteroatoms. The van der Waals surface area contributed by atoms with Gasteiger partial charge in [-0.05, 0) is 19.0 Å². The Morgan fingerprint density at radius 2 is 2.21 bits per heavy atom. The molecule has 1 aliphatic heterocycles. The lowest BCUT2D eigenvalue weighted by Crippen LogP contribution is -2.37. The van der Waals surface area contributed by atoms with Gasteiger partial charge in [0.25, 0.3) is 5.91 Å². The van der Waals surface area contributed by atoms with Gasteiger partial charge in [0.2, 0.25) is 5.82 Å². The molecule has 1 amide bonds. The number of hydrogen-bond acceptors (Lipinski definition) is 4. The van der Waals surface area contributed by atoms with E-state index in [1.807, 2.05) is 0 Å². The fourth-order valence-electron chi connectivity index (χ4n) is 1.93. The van der Waals surface area contributed by atoms with Crippen molar-refractivity contribution in [3.05, 3.63) is 39.4 Å². The van der Waals surface area contributed by atoms with Gasteiger partial charge in [-0.25, -0.2) is 4.39 Å². The second-order valence-corrected chi connectivity index (χ2v) is 4.18. The summed E-state index contributed by atoms with van der Waals surface area (Å²) in [6, 6.07) is 1.17. The lowest BCUT2D eigenvalue weighted by molar-refractivity contribution is -0.387. The van der Waals surface area contributed by atoms with Crippen molar-refractivity contribution in [2.24, 2.45) is 0 Å². The Morgan fingerprint density at radius 3 is 2.79 bits per heavy atom. The largest absolute Gasteiger partial charge is 0.348 e. The van der Waals surface area contributed by atoms with E-state index >= 15 is 0 Å². The SMILES string of the molecule is O=C(NC1CCNC1)c1c(F)ccc([N+](=O)[O-])c1F. The highest BCUT2D eigenvalue weighted by Crippen LogP contribution is 2.23. The Kier molecular flexibility index (Phi) is 3.70. The van der Waals surface area contributed by atoms with E-state index in [1.54, 1.807) is 0 Å². The third-order valence-electron chi connectivity index (χ3n) is 2.89. The van der Waals surface area contributed by atoms with Crippen molar-refractivity contribution in [3.8, 4) is 0 Å². The molecule has 0 radical (unpaired) electrons. The van der Waals surface area contributed by atoms with Gasteiger partial charge in [0.1, 0.15) is 11.4 Å². The molecule has 0 aromatic heterocycles. The van der Waals surface area contributed by atoms with Crippen LogP contribution in [0.3, 0.4) is 0 Å². The van der Waals surface area contributed by atoms with Gasteiger partial charge < -0.3 is 10.6 Å². The van der Waals surface area contributed by atoms with Crippen LogP contribution in [0, 0.1) is 21.7 Å². The molecule has 1 saturated heterocycles. The molecule has 0 bridgehead atoms. The van der Waals surface area contributed by atoms with Crippen LogP contribution in [0.5, 0.6) is 0 Å². The summed E-state index contributed by atoms with van der Waals surface area (Å²) in [4.78, 5) is 21.3. The average molecular weight is 271 g/mol. The van der Waals surface area contributed by atoms with Crippen LogP contribution in [-0.4, -0.2) is 30.0 Å². The maximum absolute atomic E-state index is 13.8. The average Bonchev–Trinajstić information content (AvgIpc) is 2.81. The minimum absolute atomic E-state index is 0.231. The molecule has 2 rings (SSSR count). The monoisotopic (exact) mass is 271 g/mol. The standard InChI is InChI=1S/C11H11F2N3O3/c12-7-1-2-8(16(18)19)10(13)9(7)11(17)15-6-3-4-14-5-6/h1-2,6,14H,3-5H2,(H,15,17). The second-order valence-electron chi connectivity index (χ2n) is 4.18. The quantitative estimate of drug-likeness (QED) is 0.633. The first-order valence-electron chi connectivity index (χ1n) is 5.64. The minimum atomic E-state index is -1.45. The maximum Gasteiger partial charge on any atom is 0.305 e. The molecule has 0 saturated carbocycles. The molecular formula is C11H11F2N3O3. The zero-order valence-corrected chi connectivity index (χ0v) is 9.78. The Labute approximate surface area is 106 Å². The van der Waals surface area contributed by atoms with Crippen molar-refractivity contribution in [1.82, 2.24) is 10.6 Å². The van der Waals surface area contributed by atoms with Crippen LogP contribution in [0.4, 0.5) is 14.5 Å². The van der Waals surface area contributed by atoms with Crippen LogP contribution in [0.2, 0.25) is 0 Å². The van der Waals surface area contributed by atoms with Crippen LogP contribution in [0.15, 0.2) is 12.1 Å². The number of nitro benzene ring substituents is 1. The minimum Gasteiger partial charge on any atom is -0.348 e. The van der Waals surface area contributed by atoms with Gasteiger partial charge in [0, 0.05) is 18.7 Å². The number of carbonyl (C=O) groups excluding carboxylic acids is 1. The number of halogens is 2. The normalized spacial score (nSPS) is 18.3. The third kappa shape index (κ3) is 2.68. The van der Waals surface area contributed by atoms with Gasteiger partial charge in [-0.3, -0.25) is 14.9 Å². The van der Waals surface area contributed by atoms with E-state index in [0.29, 0.717) is 31.6 Å². The summed E-state index contributed by atoms with van der Waals surface area (Å²) >= 11 is 0. The van der Waals surface area contributed by atoms with Gasteiger partial charge in [0.15, 0.2) is 0 Å². The van der Waals surface area contributed by atoms with E-state index in [2.05, 4.69) is 10.6 Å². The van der Waals surface area contributed by atoms with Crippen molar-refractivity contribution in [3.63, 3.8) is 0 Å². The molecule has 1 aromatic carbocycles. The molecule has 1 aliphatic rings. The first-order valence-corrected chi connectivity index (χ1v) is 5.64. The fourth-order valence-corrected chi connectivity index (χ4v) is 1.93. The zero-order chi connectivity index (χ0) is 14.0. The van der Waals surface area contributed by atoms with Gasteiger partial charge in [-0.15, -0.1) is 0 Å². The highest BCUT2D eigenvalue weighted by molar-refractivity contribution is 5.95. The number of hydrogen-bond donors (Lipinski definition) is 2. The van der Waals surface area contributed by atoms with E-state index in [1.165, 1.54) is 0 Å². The number of nitro groups is 1. The van der Waals surface area contributed by atoms with Gasteiger partial charge in [0.05, 0.1) is 4.92 Å². The van der Waals surface area contributed by atoms with Crippen LogP contribution in [-0.2, 0) is 0 Å². The van der Waals surface area contributed by atoms with Crippen molar-refractivity contribution < 1.29 is 18.5 Å². The summed E-state index contributed by atoms with van der Waals surface area (Å²) < 4.78 is 27.2. The highest BCUT2D eigenvalue weighted by Gasteiger charge is 2.28. The van der Waals surface area contributed by atoms with E-state index in [9.17, 15) is 23.7 Å². The molecule has 1 aromatic rings. The molecule has 1 unspecified atom stereocenters. The van der Waals surface area contributed by atoms with E-state index in [4.69, 9.17) is 0 Å². The number of nitrogens with one attached hydrogen (secondary N) is 2. The predicted molar refractivity (Wildman–Crippen MR) is 61.8 cm³/mol. The van der Waals surface area contributed by atoms with E-state index < -0.39 is 33.7 Å². The first kappa shape index (κ1) is 13.3. The molecule has 1 heterocycles. The van der Waals surface area contributed by atoms with E-state index in [0.717, 1.165) is 0 Å². The molecule has 0 aliphatic carbocycles. The fraction of sp³-hybridized carbons (Fsp3) is 0.364. The molecule has 6 nitrogen and oxygen atoms in total. The van der Waals surface area contributed by atoms with Gasteiger partial charge in [-0.1, -0.05) is 0 Å². The molecular weight excluding hydrogens is 260 g/mol. The smallest absolute Gasteiger partial charge is 0.305 e. The topological polar surface area (TPSA) is 84.3 Å². The summed E-state index contributed by atoms with van der Waals surface area (Å²) in [5.74, 6) is -3.55. The van der Waals surface area contributed by atoms with Crippen LogP contribution in [0.25, 0.3) is 0 Å². The zero-order valence-electron chi connectivity index (χ0n) is 9.78. The van der Waals surface area contributed by atoms with Crippen molar-refractivity contribution in [2.45, 2.75) is 12.5 Å². The van der Waals surface area contributed by atoms with Crippen molar-refractivity contribution in [2.75, 3.05) is 13.1 Å². The van der Waals surface area contributed by atoms with E-state index in [-0.39, 0.29) is 6.04 Å². The van der Waals surface area contributed by atoms with Crippen molar-refractivity contribution in [1.29, 1.82) is 0 Å². The van der Waals surface area contributed by atoms with Crippen LogP contribution < -0.4 is 10.6 Å². The Hall–Kier alpha value is -2.09. The van der Waals surface area contributed by atoms with Crippen molar-refractivity contribution >= 4 is 11.6 Å². The van der Waals surface area contributed by atoms with Crippen LogP contribution >= 0.6 is 0 Å². The molecule has 1 fully saturated rings. The third-order valence-corrected chi connectivity index (χ3v) is 2.89. The molecule has 2 N–H and O–H groups in total. The summed E-state index contributed by atoms with van der Waals surface area (Å²) in [5, 5.41) is 16.0. The Bertz CT molecular complexity index is 530. The molecule has 1 atom stereocenters. The highest BCUT2D eigenvalue weighted by atomic mass is 19.1. The summed E-state index contributed by atoms with van der Waals surface area (Å²) in [6.07, 6.45) is 0.643. The maximum atomic E-state index is 13.8. The van der Waals surface area contributed by atoms with Gasteiger partial charge in [-0.2, -0.15) is 4.39 Å². The summed E-state index contributed by atoms with van der Waals surface area (Å²) in [6.45, 7) is 1.20. The number of benzene rings is 1. The second kappa shape index (κ2) is 5.27. The first-order chi connectivity index (χ1) is 9.00. The number of rotatable bonds is 3. The lowest BCUT2D eigenvalue weighted by atomic mass is 10.1. The number of amides is 1. The molecule has 102 valence electrons. The summed E-state index contributed by atoms with van der Waals surface area (Å²) in [5.41, 5.74) is -1.84. The molecule has 19 heavy (non-hydrogen) atoms. The predicted octanol–water partition coefficient (Wildman–Crippen LogP) is 0.965. The van der Waals surface area contributed by atoms with Gasteiger partial charge >= 0.3 is 5.69 Å². The summed E-state index contributed by atoms with van der Waals surface area (Å²) in [7, 11) is 0. The number of carbonyl (C=O) groups is 1. The lowest BCUT2D eigenvalue weighted by Gasteiger charge is -2.12. The Morgan fingerprint density at radius 1 is 1.47 bits per heavy atom. The number of nitrogens with zero attached hydrogens (tertiary/aromatic N) is 1.